The molecule has 0 spiro atoms. The van der Waals surface area contributed by atoms with Gasteiger partial charge in [-0.15, -0.1) is 0 Å². The summed E-state index contributed by atoms with van der Waals surface area (Å²) in [4.78, 5) is 28.3. The second-order valence-corrected chi connectivity index (χ2v) is 7.43. The van der Waals surface area contributed by atoms with Gasteiger partial charge >= 0.3 is 11.7 Å². The number of imidazole rings is 1. The molecule has 9 heteroatoms. The van der Waals surface area contributed by atoms with Gasteiger partial charge in [-0.25, -0.2) is 9.78 Å². The minimum Gasteiger partial charge on any atom is -0.462 e. The molecule has 1 aliphatic heterocycles. The van der Waals surface area contributed by atoms with Crippen molar-refractivity contribution < 1.29 is 9.53 Å². The van der Waals surface area contributed by atoms with Crippen LogP contribution in [0, 0.1) is 17.2 Å². The average molecular weight is 412 g/mol. The number of carbonyl (C=O) groups is 1. The molecular formula is C20H18ClN5O3. The van der Waals surface area contributed by atoms with Gasteiger partial charge in [-0.05, 0) is 31.2 Å². The predicted molar refractivity (Wildman–Crippen MR) is 108 cm³/mol. The van der Waals surface area contributed by atoms with Crippen LogP contribution in [0.4, 0.5) is 11.4 Å². The molecule has 3 aromatic rings. The number of hydrogen-bond donors (Lipinski definition) is 1. The topological polar surface area (TPSA) is 102 Å². The standard InChI is InChI=1S/C20H18ClN5O3/c1-11-12(7-18(27)29-11)10-26-17-8-13(3-4-16(17)25(2)20(26)28)24-15-5-6-23-19(21)14(15)9-22/h3-6,8,11-12H,7,10H2,1-2H3,(H,23,24). The molecule has 0 amide bonds. The summed E-state index contributed by atoms with van der Waals surface area (Å²) in [5.41, 5.74) is 2.81. The van der Waals surface area contributed by atoms with Gasteiger partial charge in [-0.3, -0.25) is 13.9 Å². The van der Waals surface area contributed by atoms with E-state index in [1.807, 2.05) is 31.2 Å². The van der Waals surface area contributed by atoms with E-state index in [0.717, 1.165) is 11.0 Å². The Labute approximate surface area is 171 Å². The fourth-order valence-electron chi connectivity index (χ4n) is 3.65. The van der Waals surface area contributed by atoms with Crippen LogP contribution in [0.3, 0.4) is 0 Å². The van der Waals surface area contributed by atoms with E-state index in [1.165, 1.54) is 6.20 Å². The molecule has 0 bridgehead atoms. The summed E-state index contributed by atoms with van der Waals surface area (Å²) in [6, 6.07) is 9.21. The number of anilines is 2. The van der Waals surface area contributed by atoms with Crippen LogP contribution >= 0.6 is 11.6 Å². The van der Waals surface area contributed by atoms with Crippen molar-refractivity contribution in [3.8, 4) is 6.07 Å². The summed E-state index contributed by atoms with van der Waals surface area (Å²) >= 11 is 6.00. The number of nitriles is 1. The molecule has 8 nitrogen and oxygen atoms in total. The van der Waals surface area contributed by atoms with E-state index in [1.54, 1.807) is 22.2 Å². The summed E-state index contributed by atoms with van der Waals surface area (Å²) in [6.07, 6.45) is 1.58. The Morgan fingerprint density at radius 1 is 1.34 bits per heavy atom. The highest BCUT2D eigenvalue weighted by molar-refractivity contribution is 6.31. The Morgan fingerprint density at radius 3 is 2.83 bits per heavy atom. The van der Waals surface area contributed by atoms with Crippen molar-refractivity contribution in [1.82, 2.24) is 14.1 Å². The molecule has 2 aromatic heterocycles. The van der Waals surface area contributed by atoms with Gasteiger partial charge in [-0.2, -0.15) is 5.26 Å². The number of benzene rings is 1. The highest BCUT2D eigenvalue weighted by Gasteiger charge is 2.32. The first-order chi connectivity index (χ1) is 13.9. The molecule has 1 N–H and O–H groups in total. The number of halogens is 1. The Balaban J connectivity index is 1.74. The lowest BCUT2D eigenvalue weighted by Gasteiger charge is -2.14. The van der Waals surface area contributed by atoms with E-state index in [2.05, 4.69) is 10.3 Å². The van der Waals surface area contributed by atoms with Gasteiger partial charge in [-0.1, -0.05) is 11.6 Å². The van der Waals surface area contributed by atoms with Crippen LogP contribution in [-0.2, 0) is 23.1 Å². The number of pyridine rings is 1. The Bertz CT molecular complexity index is 1220. The van der Waals surface area contributed by atoms with Gasteiger partial charge in [0.15, 0.2) is 0 Å². The molecule has 1 aromatic carbocycles. The molecule has 0 aliphatic carbocycles. The molecule has 29 heavy (non-hydrogen) atoms. The van der Waals surface area contributed by atoms with Crippen molar-refractivity contribution >= 4 is 40.0 Å². The van der Waals surface area contributed by atoms with E-state index in [4.69, 9.17) is 16.3 Å². The van der Waals surface area contributed by atoms with E-state index in [0.29, 0.717) is 24.3 Å². The van der Waals surface area contributed by atoms with Gasteiger partial charge < -0.3 is 10.1 Å². The van der Waals surface area contributed by atoms with E-state index < -0.39 is 0 Å². The lowest BCUT2D eigenvalue weighted by Crippen LogP contribution is -2.27. The van der Waals surface area contributed by atoms with Gasteiger partial charge in [0.2, 0.25) is 0 Å². The Hall–Kier alpha value is -3.31. The summed E-state index contributed by atoms with van der Waals surface area (Å²) in [5.74, 6) is -0.302. The van der Waals surface area contributed by atoms with Gasteiger partial charge in [0.25, 0.3) is 0 Å². The quantitative estimate of drug-likeness (QED) is 0.523. The number of carbonyl (C=O) groups excluding carboxylic acids is 1. The maximum atomic E-state index is 12.8. The maximum Gasteiger partial charge on any atom is 0.328 e. The number of hydrogen-bond acceptors (Lipinski definition) is 6. The molecule has 2 atom stereocenters. The van der Waals surface area contributed by atoms with E-state index >= 15 is 0 Å². The molecule has 1 aliphatic rings. The van der Waals surface area contributed by atoms with Crippen LogP contribution in [0.5, 0.6) is 0 Å². The summed E-state index contributed by atoms with van der Waals surface area (Å²) < 4.78 is 8.46. The number of fused-ring (bicyclic) bond motifs is 1. The number of rotatable bonds is 4. The molecule has 1 saturated heterocycles. The first-order valence-corrected chi connectivity index (χ1v) is 9.47. The summed E-state index contributed by atoms with van der Waals surface area (Å²) in [6.45, 7) is 2.23. The van der Waals surface area contributed by atoms with Crippen LogP contribution in [0.25, 0.3) is 11.0 Å². The number of ether oxygens (including phenoxy) is 1. The van der Waals surface area contributed by atoms with E-state index in [-0.39, 0.29) is 34.4 Å². The Kier molecular flexibility index (Phi) is 4.76. The van der Waals surface area contributed by atoms with Crippen molar-refractivity contribution in [2.45, 2.75) is 26.0 Å². The molecule has 2 unspecified atom stereocenters. The van der Waals surface area contributed by atoms with Crippen molar-refractivity contribution in [2.24, 2.45) is 13.0 Å². The number of nitrogens with zero attached hydrogens (tertiary/aromatic N) is 4. The summed E-state index contributed by atoms with van der Waals surface area (Å²) in [7, 11) is 1.71. The van der Waals surface area contributed by atoms with Gasteiger partial charge in [0, 0.05) is 31.4 Å². The zero-order valence-corrected chi connectivity index (χ0v) is 16.6. The SMILES string of the molecule is CC1OC(=O)CC1Cn1c(=O)n(C)c2ccc(Nc3ccnc(Cl)c3C#N)cc21. The van der Waals surface area contributed by atoms with Crippen LogP contribution < -0.4 is 11.0 Å². The number of aromatic nitrogens is 3. The molecule has 3 heterocycles. The minimum absolute atomic E-state index is 0.0633. The van der Waals surface area contributed by atoms with Crippen molar-refractivity contribution in [3.63, 3.8) is 0 Å². The number of aryl methyl sites for hydroxylation is 1. The molecule has 1 fully saturated rings. The second-order valence-electron chi connectivity index (χ2n) is 7.08. The third-order valence-electron chi connectivity index (χ3n) is 5.27. The zero-order valence-electron chi connectivity index (χ0n) is 15.8. The average Bonchev–Trinajstić information content (AvgIpc) is 3.13. The first kappa shape index (κ1) is 19.0. The molecule has 0 radical (unpaired) electrons. The largest absolute Gasteiger partial charge is 0.462 e. The fourth-order valence-corrected chi connectivity index (χ4v) is 3.85. The molecule has 0 saturated carbocycles. The van der Waals surface area contributed by atoms with Crippen molar-refractivity contribution in [3.05, 3.63) is 51.7 Å². The third-order valence-corrected chi connectivity index (χ3v) is 5.55. The predicted octanol–water partition coefficient (Wildman–Crippen LogP) is 2.96. The van der Waals surface area contributed by atoms with Crippen LogP contribution in [0.2, 0.25) is 5.15 Å². The lowest BCUT2D eigenvalue weighted by molar-refractivity contribution is -0.140. The number of cyclic esters (lactones) is 1. The number of esters is 1. The molecule has 148 valence electrons. The van der Waals surface area contributed by atoms with Gasteiger partial charge in [0.05, 0.1) is 23.1 Å². The smallest absolute Gasteiger partial charge is 0.328 e. The van der Waals surface area contributed by atoms with Gasteiger partial charge in [0.1, 0.15) is 22.9 Å². The zero-order chi connectivity index (χ0) is 20.7. The first-order valence-electron chi connectivity index (χ1n) is 9.09. The van der Waals surface area contributed by atoms with Crippen LogP contribution in [0.15, 0.2) is 35.3 Å². The number of nitrogens with one attached hydrogen (secondary N) is 1. The normalized spacial score (nSPS) is 18.6. The molecule has 4 rings (SSSR count). The van der Waals surface area contributed by atoms with E-state index in [9.17, 15) is 14.9 Å². The molecular weight excluding hydrogens is 394 g/mol. The summed E-state index contributed by atoms with van der Waals surface area (Å²) in [5, 5.41) is 12.6. The van der Waals surface area contributed by atoms with Crippen molar-refractivity contribution in [1.29, 1.82) is 5.26 Å². The fraction of sp³-hybridized carbons (Fsp3) is 0.300. The minimum atomic E-state index is -0.239. The highest BCUT2D eigenvalue weighted by atomic mass is 35.5. The van der Waals surface area contributed by atoms with Crippen molar-refractivity contribution in [2.75, 3.05) is 5.32 Å². The van der Waals surface area contributed by atoms with Crippen LogP contribution in [-0.4, -0.2) is 26.2 Å². The second kappa shape index (κ2) is 7.26. The Morgan fingerprint density at radius 2 is 2.14 bits per heavy atom. The monoisotopic (exact) mass is 411 g/mol. The maximum absolute atomic E-state index is 12.8. The third kappa shape index (κ3) is 3.34. The van der Waals surface area contributed by atoms with Crippen LogP contribution in [0.1, 0.15) is 18.9 Å². The highest BCUT2D eigenvalue weighted by Crippen LogP contribution is 2.28. The lowest BCUT2D eigenvalue weighted by atomic mass is 10.0.